The molecule has 6 nitrogen and oxygen atoms in total. The Morgan fingerprint density at radius 3 is 2.27 bits per heavy atom. The van der Waals surface area contributed by atoms with E-state index in [-0.39, 0.29) is 18.3 Å². The van der Waals surface area contributed by atoms with E-state index in [4.69, 9.17) is 10.7 Å². The van der Waals surface area contributed by atoms with Crippen molar-refractivity contribution >= 4 is 29.8 Å². The third-order valence-electron chi connectivity index (χ3n) is 4.42. The average molecular weight is 376 g/mol. The smallest absolute Gasteiger partial charge is 0.253 e. The van der Waals surface area contributed by atoms with Gasteiger partial charge in [0.25, 0.3) is 5.91 Å². The van der Waals surface area contributed by atoms with Gasteiger partial charge in [0.1, 0.15) is 11.6 Å². The molecule has 1 aromatic carbocycles. The van der Waals surface area contributed by atoms with Crippen molar-refractivity contribution in [1.82, 2.24) is 14.9 Å². The van der Waals surface area contributed by atoms with Crippen LogP contribution in [0.25, 0.3) is 0 Å². The van der Waals surface area contributed by atoms with Gasteiger partial charge in [0.05, 0.1) is 0 Å². The number of aromatic nitrogens is 2. The predicted octanol–water partition coefficient (Wildman–Crippen LogP) is 2.87. The van der Waals surface area contributed by atoms with Crippen LogP contribution in [0.4, 0.5) is 11.5 Å². The van der Waals surface area contributed by atoms with Crippen LogP contribution in [-0.2, 0) is 0 Å². The highest BCUT2D eigenvalue weighted by Crippen LogP contribution is 2.19. The fraction of sp³-hybridized carbons (Fsp3) is 0.421. The summed E-state index contributed by atoms with van der Waals surface area (Å²) in [6.45, 7) is 9.11. The van der Waals surface area contributed by atoms with Crippen LogP contribution in [0.5, 0.6) is 0 Å². The number of carbonyl (C=O) groups excluding carboxylic acids is 1. The van der Waals surface area contributed by atoms with E-state index in [9.17, 15) is 4.79 Å². The molecule has 0 radical (unpaired) electrons. The molecule has 1 fully saturated rings. The number of piperazine rings is 1. The predicted molar refractivity (Wildman–Crippen MR) is 107 cm³/mol. The van der Waals surface area contributed by atoms with Crippen LogP contribution in [0.15, 0.2) is 30.3 Å². The quantitative estimate of drug-likeness (QED) is 0.835. The van der Waals surface area contributed by atoms with Gasteiger partial charge in [0.15, 0.2) is 0 Å². The summed E-state index contributed by atoms with van der Waals surface area (Å²) in [6.07, 6.45) is 0. The maximum atomic E-state index is 12.6. The number of nitrogen functional groups attached to an aromatic ring is 1. The number of carbonyl (C=O) groups is 1. The van der Waals surface area contributed by atoms with Crippen molar-refractivity contribution in [3.05, 3.63) is 47.4 Å². The molecule has 1 aliphatic rings. The lowest BCUT2D eigenvalue weighted by molar-refractivity contribution is 0.0746. The van der Waals surface area contributed by atoms with Gasteiger partial charge < -0.3 is 15.5 Å². The van der Waals surface area contributed by atoms with Gasteiger partial charge in [0, 0.05) is 55.1 Å². The molecule has 0 aliphatic carbocycles. The first-order chi connectivity index (χ1) is 11.9. The number of anilines is 2. The summed E-state index contributed by atoms with van der Waals surface area (Å²) in [5.74, 6) is 2.18. The van der Waals surface area contributed by atoms with E-state index in [1.165, 1.54) is 0 Å². The molecule has 26 heavy (non-hydrogen) atoms. The van der Waals surface area contributed by atoms with Gasteiger partial charge in [-0.3, -0.25) is 4.79 Å². The summed E-state index contributed by atoms with van der Waals surface area (Å²) in [7, 11) is 0. The number of halogens is 1. The number of aryl methyl sites for hydroxylation is 1. The van der Waals surface area contributed by atoms with Gasteiger partial charge in [-0.15, -0.1) is 12.4 Å². The highest BCUT2D eigenvalue weighted by atomic mass is 35.5. The maximum Gasteiger partial charge on any atom is 0.253 e. The van der Waals surface area contributed by atoms with E-state index < -0.39 is 0 Å². The van der Waals surface area contributed by atoms with Crippen molar-refractivity contribution in [1.29, 1.82) is 0 Å². The van der Waals surface area contributed by atoms with Gasteiger partial charge in [-0.2, -0.15) is 0 Å². The minimum atomic E-state index is 0. The van der Waals surface area contributed by atoms with Crippen LogP contribution >= 0.6 is 12.4 Å². The normalized spacial score (nSPS) is 14.3. The highest BCUT2D eigenvalue weighted by molar-refractivity contribution is 5.94. The molecule has 2 heterocycles. The third kappa shape index (κ3) is 4.43. The number of benzene rings is 1. The first-order valence-electron chi connectivity index (χ1n) is 8.69. The second-order valence-corrected chi connectivity index (χ2v) is 6.78. The number of amides is 1. The Hall–Kier alpha value is -2.34. The summed E-state index contributed by atoms with van der Waals surface area (Å²) in [5.41, 5.74) is 8.02. The summed E-state index contributed by atoms with van der Waals surface area (Å²) < 4.78 is 0. The van der Waals surface area contributed by atoms with E-state index in [1.54, 1.807) is 24.3 Å². The summed E-state index contributed by atoms with van der Waals surface area (Å²) >= 11 is 0. The highest BCUT2D eigenvalue weighted by Gasteiger charge is 2.23. The van der Waals surface area contributed by atoms with E-state index in [2.05, 4.69) is 23.7 Å². The lowest BCUT2D eigenvalue weighted by Gasteiger charge is -2.35. The first kappa shape index (κ1) is 20.0. The van der Waals surface area contributed by atoms with Crippen molar-refractivity contribution in [3.63, 3.8) is 0 Å². The molecule has 0 unspecified atom stereocenters. The van der Waals surface area contributed by atoms with E-state index >= 15 is 0 Å². The lowest BCUT2D eigenvalue weighted by Crippen LogP contribution is -2.49. The largest absolute Gasteiger partial charge is 0.399 e. The molecule has 3 rings (SSSR count). The SMILES string of the molecule is Cc1cc(N2CCN(C(=O)c3ccc(N)cc3)CC2)nc(C(C)C)n1.Cl. The molecule has 0 bridgehead atoms. The molecule has 1 amide bonds. The zero-order valence-corrected chi connectivity index (χ0v) is 16.3. The Balaban J connectivity index is 0.00000243. The molecular formula is C19H26ClN5O. The van der Waals surface area contributed by atoms with Crippen molar-refractivity contribution in [2.24, 2.45) is 0 Å². The monoisotopic (exact) mass is 375 g/mol. The molecule has 0 atom stereocenters. The zero-order chi connectivity index (χ0) is 18.0. The van der Waals surface area contributed by atoms with Crippen LogP contribution in [0.1, 0.15) is 41.6 Å². The fourth-order valence-electron chi connectivity index (χ4n) is 2.94. The molecule has 1 aliphatic heterocycles. The summed E-state index contributed by atoms with van der Waals surface area (Å²) in [4.78, 5) is 25.9. The van der Waals surface area contributed by atoms with Crippen molar-refractivity contribution in [3.8, 4) is 0 Å². The molecule has 1 aromatic heterocycles. The molecule has 0 saturated carbocycles. The fourth-order valence-corrected chi connectivity index (χ4v) is 2.94. The van der Waals surface area contributed by atoms with Crippen LogP contribution in [-0.4, -0.2) is 47.0 Å². The lowest BCUT2D eigenvalue weighted by atomic mass is 10.1. The Kier molecular flexibility index (Phi) is 6.42. The second-order valence-electron chi connectivity index (χ2n) is 6.78. The molecule has 7 heteroatoms. The zero-order valence-electron chi connectivity index (χ0n) is 15.5. The number of nitrogens with zero attached hydrogens (tertiary/aromatic N) is 4. The Morgan fingerprint density at radius 2 is 1.69 bits per heavy atom. The molecule has 2 N–H and O–H groups in total. The van der Waals surface area contributed by atoms with Gasteiger partial charge in [0.2, 0.25) is 0 Å². The first-order valence-corrected chi connectivity index (χ1v) is 8.69. The van der Waals surface area contributed by atoms with Crippen LogP contribution in [0, 0.1) is 6.92 Å². The minimum Gasteiger partial charge on any atom is -0.399 e. The summed E-state index contributed by atoms with van der Waals surface area (Å²) in [6, 6.07) is 9.12. The Labute approximate surface area is 160 Å². The van der Waals surface area contributed by atoms with E-state index in [0.29, 0.717) is 30.3 Å². The molecule has 2 aromatic rings. The molecule has 0 spiro atoms. The van der Waals surface area contributed by atoms with Gasteiger partial charge >= 0.3 is 0 Å². The number of hydrogen-bond acceptors (Lipinski definition) is 5. The van der Waals surface area contributed by atoms with Gasteiger partial charge in [-0.05, 0) is 31.2 Å². The van der Waals surface area contributed by atoms with Crippen molar-refractivity contribution in [2.45, 2.75) is 26.7 Å². The molecule has 1 saturated heterocycles. The third-order valence-corrected chi connectivity index (χ3v) is 4.42. The number of nitrogens with two attached hydrogens (primary N) is 1. The van der Waals surface area contributed by atoms with Crippen LogP contribution in [0.3, 0.4) is 0 Å². The topological polar surface area (TPSA) is 75.3 Å². The van der Waals surface area contributed by atoms with Gasteiger partial charge in [-0.1, -0.05) is 13.8 Å². The van der Waals surface area contributed by atoms with Crippen molar-refractivity contribution < 1.29 is 4.79 Å². The molecule has 140 valence electrons. The average Bonchev–Trinajstić information content (AvgIpc) is 2.61. The van der Waals surface area contributed by atoms with Gasteiger partial charge in [-0.25, -0.2) is 9.97 Å². The maximum absolute atomic E-state index is 12.6. The Morgan fingerprint density at radius 1 is 1.08 bits per heavy atom. The van der Waals surface area contributed by atoms with E-state index in [1.807, 2.05) is 17.9 Å². The molecular weight excluding hydrogens is 350 g/mol. The minimum absolute atomic E-state index is 0. The van der Waals surface area contributed by atoms with Crippen LogP contribution < -0.4 is 10.6 Å². The number of hydrogen-bond donors (Lipinski definition) is 1. The Bertz CT molecular complexity index is 755. The van der Waals surface area contributed by atoms with E-state index in [0.717, 1.165) is 30.4 Å². The summed E-state index contributed by atoms with van der Waals surface area (Å²) in [5, 5.41) is 0. The van der Waals surface area contributed by atoms with Crippen LogP contribution in [0.2, 0.25) is 0 Å². The number of rotatable bonds is 3. The van der Waals surface area contributed by atoms with Crippen molar-refractivity contribution in [2.75, 3.05) is 36.8 Å². The standard InChI is InChI=1S/C19H25N5O.ClH/c1-13(2)18-21-14(3)12-17(22-18)23-8-10-24(11-9-23)19(25)15-4-6-16(20)7-5-15;/h4-7,12-13H,8-11,20H2,1-3H3;1H. The second kappa shape index (κ2) is 8.36.